The number of esters is 1. The Morgan fingerprint density at radius 1 is 1.31 bits per heavy atom. The van der Waals surface area contributed by atoms with Crippen LogP contribution < -0.4 is 0 Å². The summed E-state index contributed by atoms with van der Waals surface area (Å²) in [5.41, 5.74) is 0.214. The molecule has 0 aromatic carbocycles. The van der Waals surface area contributed by atoms with Crippen molar-refractivity contribution in [3.8, 4) is 0 Å². The van der Waals surface area contributed by atoms with E-state index in [-0.39, 0.29) is 23.4 Å². The molecule has 1 aliphatic carbocycles. The number of hydrogen-bond acceptors (Lipinski definition) is 2. The van der Waals surface area contributed by atoms with E-state index in [4.69, 9.17) is 4.74 Å². The van der Waals surface area contributed by atoms with Crippen LogP contribution in [0.25, 0.3) is 0 Å². The van der Waals surface area contributed by atoms with Gasteiger partial charge in [0.2, 0.25) is 0 Å². The number of ether oxygens (including phenoxy) is 1. The first-order valence-electron chi connectivity index (χ1n) is 6.51. The zero-order valence-electron chi connectivity index (χ0n) is 11.1. The summed E-state index contributed by atoms with van der Waals surface area (Å²) in [6.45, 7) is 11.2. The molecule has 2 fully saturated rings. The molecule has 1 saturated heterocycles. The third kappa shape index (κ3) is 1.87. The quantitative estimate of drug-likeness (QED) is 0.639. The Labute approximate surface area is 98.7 Å². The lowest BCUT2D eigenvalue weighted by atomic mass is 9.74. The zero-order valence-corrected chi connectivity index (χ0v) is 11.1. The minimum Gasteiger partial charge on any atom is -0.462 e. The molecule has 1 heterocycles. The van der Waals surface area contributed by atoms with E-state index in [1.165, 1.54) is 6.42 Å². The normalized spacial score (nSPS) is 40.7. The Kier molecular flexibility index (Phi) is 2.80. The maximum atomic E-state index is 11.8. The van der Waals surface area contributed by atoms with Crippen LogP contribution in [0.3, 0.4) is 0 Å². The van der Waals surface area contributed by atoms with E-state index in [1.54, 1.807) is 0 Å². The predicted molar refractivity (Wildman–Crippen MR) is 63.9 cm³/mol. The molecule has 0 spiro atoms. The van der Waals surface area contributed by atoms with Crippen molar-refractivity contribution >= 4 is 5.97 Å². The van der Waals surface area contributed by atoms with Crippen molar-refractivity contribution in [2.45, 2.75) is 53.6 Å². The maximum Gasteiger partial charge on any atom is 0.309 e. The van der Waals surface area contributed by atoms with Gasteiger partial charge < -0.3 is 4.74 Å². The minimum atomic E-state index is 0.0652. The van der Waals surface area contributed by atoms with E-state index in [2.05, 4.69) is 34.6 Å². The van der Waals surface area contributed by atoms with E-state index in [9.17, 15) is 4.79 Å². The predicted octanol–water partition coefficient (Wildman–Crippen LogP) is 3.26. The second-order valence-corrected chi connectivity index (χ2v) is 6.90. The molecular weight excluding hydrogens is 200 g/mol. The topological polar surface area (TPSA) is 26.3 Å². The molecular formula is C14H24O2. The van der Waals surface area contributed by atoms with Crippen molar-refractivity contribution < 1.29 is 9.53 Å². The Morgan fingerprint density at radius 3 is 2.50 bits per heavy atom. The van der Waals surface area contributed by atoms with Crippen molar-refractivity contribution in [1.29, 1.82) is 0 Å². The van der Waals surface area contributed by atoms with E-state index in [0.717, 1.165) is 6.42 Å². The number of cyclic esters (lactones) is 1. The van der Waals surface area contributed by atoms with E-state index in [0.29, 0.717) is 17.8 Å². The van der Waals surface area contributed by atoms with Gasteiger partial charge in [-0.05, 0) is 30.1 Å². The van der Waals surface area contributed by atoms with E-state index in [1.807, 2.05) is 0 Å². The second-order valence-electron chi connectivity index (χ2n) is 6.90. The average Bonchev–Trinajstić information content (AvgIpc) is 2.64. The fourth-order valence-corrected chi connectivity index (χ4v) is 3.24. The largest absolute Gasteiger partial charge is 0.462 e. The van der Waals surface area contributed by atoms with Gasteiger partial charge in [0.05, 0.1) is 5.92 Å². The van der Waals surface area contributed by atoms with Crippen LogP contribution in [0.4, 0.5) is 0 Å². The van der Waals surface area contributed by atoms with Crippen LogP contribution in [-0.2, 0) is 9.53 Å². The van der Waals surface area contributed by atoms with Gasteiger partial charge in [0.1, 0.15) is 6.10 Å². The van der Waals surface area contributed by atoms with E-state index < -0.39 is 0 Å². The molecule has 16 heavy (non-hydrogen) atoms. The zero-order chi connectivity index (χ0) is 12.1. The molecule has 0 bridgehead atoms. The molecule has 0 aromatic heterocycles. The van der Waals surface area contributed by atoms with Crippen LogP contribution in [-0.4, -0.2) is 12.1 Å². The van der Waals surface area contributed by atoms with Crippen LogP contribution in [0.5, 0.6) is 0 Å². The lowest BCUT2D eigenvalue weighted by Gasteiger charge is -2.33. The fourth-order valence-electron chi connectivity index (χ4n) is 3.24. The smallest absolute Gasteiger partial charge is 0.309 e. The van der Waals surface area contributed by atoms with Gasteiger partial charge in [-0.15, -0.1) is 0 Å². The summed E-state index contributed by atoms with van der Waals surface area (Å²) in [5.74, 6) is 1.88. The monoisotopic (exact) mass is 224 g/mol. The molecule has 0 radical (unpaired) electrons. The number of hydrogen-bond donors (Lipinski definition) is 0. The van der Waals surface area contributed by atoms with Crippen LogP contribution in [0.1, 0.15) is 47.5 Å². The van der Waals surface area contributed by atoms with Crippen LogP contribution in [0.15, 0.2) is 0 Å². The number of carbonyl (C=O) groups excluding carboxylic acids is 1. The lowest BCUT2D eigenvalue weighted by molar-refractivity contribution is -0.147. The first-order valence-corrected chi connectivity index (χ1v) is 6.51. The highest BCUT2D eigenvalue weighted by Crippen LogP contribution is 2.49. The van der Waals surface area contributed by atoms with Gasteiger partial charge in [-0.2, -0.15) is 0 Å². The van der Waals surface area contributed by atoms with Crippen molar-refractivity contribution in [2.24, 2.45) is 29.1 Å². The summed E-state index contributed by atoms with van der Waals surface area (Å²) in [7, 11) is 0. The summed E-state index contributed by atoms with van der Waals surface area (Å²) in [5, 5.41) is 0. The highest BCUT2D eigenvalue weighted by molar-refractivity contribution is 5.75. The second kappa shape index (κ2) is 3.75. The molecule has 1 aliphatic heterocycles. The molecule has 1 saturated carbocycles. The summed E-state index contributed by atoms with van der Waals surface area (Å²) in [6.07, 6.45) is 2.36. The standard InChI is InChI=1S/C14H24O2/c1-8-6-10-11(7-8)13(15)16-12(10)9(2)14(3,4)5/h8-12H,6-7H2,1-5H3. The highest BCUT2D eigenvalue weighted by Gasteiger charge is 2.52. The summed E-state index contributed by atoms with van der Waals surface area (Å²) in [4.78, 5) is 11.8. The number of carbonyl (C=O) groups is 1. The van der Waals surface area contributed by atoms with Gasteiger partial charge in [0, 0.05) is 5.92 Å². The molecule has 2 aliphatic rings. The molecule has 2 heteroatoms. The van der Waals surface area contributed by atoms with Crippen LogP contribution >= 0.6 is 0 Å². The minimum absolute atomic E-state index is 0.0652. The molecule has 5 atom stereocenters. The lowest BCUT2D eigenvalue weighted by Crippen LogP contribution is -2.34. The van der Waals surface area contributed by atoms with Crippen molar-refractivity contribution in [1.82, 2.24) is 0 Å². The summed E-state index contributed by atoms with van der Waals surface area (Å²) < 4.78 is 5.63. The highest BCUT2D eigenvalue weighted by atomic mass is 16.6. The first kappa shape index (κ1) is 11.9. The summed E-state index contributed by atoms with van der Waals surface area (Å²) >= 11 is 0. The van der Waals surface area contributed by atoms with Gasteiger partial charge in [0.15, 0.2) is 0 Å². The van der Waals surface area contributed by atoms with Gasteiger partial charge >= 0.3 is 5.97 Å². The first-order chi connectivity index (χ1) is 7.30. The van der Waals surface area contributed by atoms with Gasteiger partial charge in [-0.3, -0.25) is 4.79 Å². The maximum absolute atomic E-state index is 11.8. The van der Waals surface area contributed by atoms with Crippen molar-refractivity contribution in [3.63, 3.8) is 0 Å². The van der Waals surface area contributed by atoms with Gasteiger partial charge in [-0.25, -0.2) is 0 Å². The number of fused-ring (bicyclic) bond motifs is 1. The molecule has 0 aromatic rings. The Bertz CT molecular complexity index is 290. The van der Waals surface area contributed by atoms with Crippen LogP contribution in [0, 0.1) is 29.1 Å². The number of rotatable bonds is 1. The SMILES string of the molecule is CC1CC2C(=O)OC(C(C)C(C)(C)C)C2C1. The fraction of sp³-hybridized carbons (Fsp3) is 0.929. The van der Waals surface area contributed by atoms with Crippen molar-refractivity contribution in [3.05, 3.63) is 0 Å². The van der Waals surface area contributed by atoms with Gasteiger partial charge in [-0.1, -0.05) is 34.6 Å². The van der Waals surface area contributed by atoms with Gasteiger partial charge in [0.25, 0.3) is 0 Å². The molecule has 2 rings (SSSR count). The third-order valence-electron chi connectivity index (χ3n) is 4.68. The molecule has 92 valence electrons. The Balaban J connectivity index is 2.15. The molecule has 0 N–H and O–H groups in total. The molecule has 0 amide bonds. The average molecular weight is 224 g/mol. The van der Waals surface area contributed by atoms with Crippen LogP contribution in [0.2, 0.25) is 0 Å². The summed E-state index contributed by atoms with van der Waals surface area (Å²) in [6, 6.07) is 0. The third-order valence-corrected chi connectivity index (χ3v) is 4.68. The Hall–Kier alpha value is -0.530. The molecule has 2 nitrogen and oxygen atoms in total. The molecule has 5 unspecified atom stereocenters. The van der Waals surface area contributed by atoms with E-state index >= 15 is 0 Å². The van der Waals surface area contributed by atoms with Crippen molar-refractivity contribution in [2.75, 3.05) is 0 Å². The Morgan fingerprint density at radius 2 is 1.94 bits per heavy atom.